The molecule has 0 spiro atoms. The number of aromatic amines is 1. The second-order valence-corrected chi connectivity index (χ2v) is 3.51. The molecule has 16 heavy (non-hydrogen) atoms. The molecule has 0 radical (unpaired) electrons. The van der Waals surface area contributed by atoms with Gasteiger partial charge in [-0.3, -0.25) is 14.3 Å². The van der Waals surface area contributed by atoms with Crippen molar-refractivity contribution in [3.05, 3.63) is 27.2 Å². The summed E-state index contributed by atoms with van der Waals surface area (Å²) in [6.45, 7) is 0.570. The number of aromatic nitrogens is 4. The quantitative estimate of drug-likeness (QED) is 0.685. The van der Waals surface area contributed by atoms with E-state index in [9.17, 15) is 9.59 Å². The number of aliphatic hydroxyl groups excluding tert-OH is 1. The van der Waals surface area contributed by atoms with Crippen LogP contribution in [0.3, 0.4) is 0 Å². The Morgan fingerprint density at radius 1 is 1.50 bits per heavy atom. The summed E-state index contributed by atoms with van der Waals surface area (Å²) >= 11 is 0. The molecule has 0 saturated carbocycles. The molecule has 0 bridgehead atoms. The van der Waals surface area contributed by atoms with Gasteiger partial charge >= 0.3 is 5.69 Å². The van der Waals surface area contributed by atoms with Crippen molar-refractivity contribution in [1.82, 2.24) is 19.1 Å². The molecule has 2 heterocycles. The largest absolute Gasteiger partial charge is 0.396 e. The zero-order valence-corrected chi connectivity index (χ0v) is 8.80. The first-order valence-electron chi connectivity index (χ1n) is 4.90. The van der Waals surface area contributed by atoms with Gasteiger partial charge in [-0.25, -0.2) is 9.78 Å². The maximum atomic E-state index is 11.4. The van der Waals surface area contributed by atoms with Gasteiger partial charge in [-0.05, 0) is 6.42 Å². The van der Waals surface area contributed by atoms with Crippen LogP contribution in [0.15, 0.2) is 15.9 Å². The predicted octanol–water partition coefficient (Wildman–Crippen LogP) is -1.19. The zero-order chi connectivity index (χ0) is 11.7. The summed E-state index contributed by atoms with van der Waals surface area (Å²) < 4.78 is 3.02. The number of hydrogen-bond donors (Lipinski definition) is 2. The molecule has 2 aromatic rings. The average molecular weight is 224 g/mol. The number of imidazole rings is 1. The number of nitrogens with zero attached hydrogens (tertiary/aromatic N) is 3. The molecule has 2 N–H and O–H groups in total. The second-order valence-electron chi connectivity index (χ2n) is 3.51. The summed E-state index contributed by atoms with van der Waals surface area (Å²) in [7, 11) is 1.57. The fraction of sp³-hybridized carbons (Fsp3) is 0.444. The molecule has 7 heteroatoms. The van der Waals surface area contributed by atoms with Crippen LogP contribution in [-0.2, 0) is 13.6 Å². The molecular weight excluding hydrogens is 212 g/mol. The van der Waals surface area contributed by atoms with Crippen LogP contribution in [0.5, 0.6) is 0 Å². The van der Waals surface area contributed by atoms with Crippen molar-refractivity contribution in [2.45, 2.75) is 13.0 Å². The second kappa shape index (κ2) is 3.93. The third kappa shape index (κ3) is 1.54. The van der Waals surface area contributed by atoms with Crippen LogP contribution in [0, 0.1) is 0 Å². The molecular formula is C9H12N4O3. The Balaban J connectivity index is 2.70. The van der Waals surface area contributed by atoms with Crippen LogP contribution in [0.25, 0.3) is 11.2 Å². The Bertz CT molecular complexity index is 622. The SMILES string of the molecule is Cn1c(=O)[nH]c(=O)c2ncn(CCCO)c21. The summed E-state index contributed by atoms with van der Waals surface area (Å²) in [6, 6.07) is 0. The van der Waals surface area contributed by atoms with Gasteiger partial charge in [0.2, 0.25) is 0 Å². The Morgan fingerprint density at radius 2 is 2.25 bits per heavy atom. The fourth-order valence-electron chi connectivity index (χ4n) is 1.63. The highest BCUT2D eigenvalue weighted by molar-refractivity contribution is 5.69. The predicted molar refractivity (Wildman–Crippen MR) is 57.3 cm³/mol. The van der Waals surface area contributed by atoms with Gasteiger partial charge in [-0.15, -0.1) is 0 Å². The van der Waals surface area contributed by atoms with E-state index in [4.69, 9.17) is 5.11 Å². The molecule has 2 aromatic heterocycles. The van der Waals surface area contributed by atoms with Gasteiger partial charge in [0.1, 0.15) is 5.65 Å². The Kier molecular flexibility index (Phi) is 2.61. The lowest BCUT2D eigenvalue weighted by Gasteiger charge is -2.05. The summed E-state index contributed by atoms with van der Waals surface area (Å²) in [5, 5.41) is 8.75. The maximum Gasteiger partial charge on any atom is 0.329 e. The van der Waals surface area contributed by atoms with Crippen molar-refractivity contribution < 1.29 is 5.11 Å². The standard InChI is InChI=1S/C9H12N4O3/c1-12-8-6(7(15)11-9(12)16)10-5-13(8)3-2-4-14/h5,14H,2-4H2,1H3,(H,11,15,16). The van der Waals surface area contributed by atoms with Crippen molar-refractivity contribution >= 4 is 11.2 Å². The molecule has 0 aromatic carbocycles. The van der Waals surface area contributed by atoms with Gasteiger partial charge in [0.05, 0.1) is 6.33 Å². The molecule has 0 saturated heterocycles. The van der Waals surface area contributed by atoms with E-state index in [0.29, 0.717) is 18.6 Å². The van der Waals surface area contributed by atoms with Gasteiger partial charge in [0.25, 0.3) is 5.56 Å². The molecule has 2 rings (SSSR count). The molecule has 0 aliphatic carbocycles. The van der Waals surface area contributed by atoms with E-state index >= 15 is 0 Å². The Labute approximate surface area is 90.0 Å². The summed E-state index contributed by atoms with van der Waals surface area (Å²) in [4.78, 5) is 29.0. The molecule has 0 atom stereocenters. The third-order valence-electron chi connectivity index (χ3n) is 2.43. The highest BCUT2D eigenvalue weighted by Gasteiger charge is 2.10. The molecule has 0 amide bonds. The van der Waals surface area contributed by atoms with Gasteiger partial charge in [-0.2, -0.15) is 0 Å². The zero-order valence-electron chi connectivity index (χ0n) is 8.80. The van der Waals surface area contributed by atoms with E-state index in [1.807, 2.05) is 0 Å². The van der Waals surface area contributed by atoms with Crippen LogP contribution in [-0.4, -0.2) is 30.8 Å². The van der Waals surface area contributed by atoms with Crippen LogP contribution in [0.1, 0.15) is 6.42 Å². The normalized spacial score (nSPS) is 11.1. The minimum Gasteiger partial charge on any atom is -0.396 e. The number of aryl methyl sites for hydroxylation is 2. The smallest absolute Gasteiger partial charge is 0.329 e. The van der Waals surface area contributed by atoms with Crippen molar-refractivity contribution in [3.8, 4) is 0 Å². The Morgan fingerprint density at radius 3 is 2.94 bits per heavy atom. The molecule has 86 valence electrons. The van der Waals surface area contributed by atoms with Gasteiger partial charge in [0.15, 0.2) is 5.52 Å². The highest BCUT2D eigenvalue weighted by Crippen LogP contribution is 2.05. The van der Waals surface area contributed by atoms with Crippen LogP contribution >= 0.6 is 0 Å². The minimum absolute atomic E-state index is 0.0524. The number of fused-ring (bicyclic) bond motifs is 1. The van der Waals surface area contributed by atoms with Crippen LogP contribution < -0.4 is 11.2 Å². The first kappa shape index (κ1) is 10.6. The number of aliphatic hydroxyl groups is 1. The third-order valence-corrected chi connectivity index (χ3v) is 2.43. The molecule has 0 unspecified atom stereocenters. The monoisotopic (exact) mass is 224 g/mol. The summed E-state index contributed by atoms with van der Waals surface area (Å²) in [5.74, 6) is 0. The average Bonchev–Trinajstić information content (AvgIpc) is 2.67. The van der Waals surface area contributed by atoms with Crippen LogP contribution in [0.2, 0.25) is 0 Å². The van der Waals surface area contributed by atoms with E-state index in [-0.39, 0.29) is 12.1 Å². The lowest BCUT2D eigenvalue weighted by atomic mass is 10.4. The topological polar surface area (TPSA) is 92.9 Å². The summed E-state index contributed by atoms with van der Waals surface area (Å²) in [5.41, 5.74) is -0.244. The van der Waals surface area contributed by atoms with Crippen molar-refractivity contribution in [3.63, 3.8) is 0 Å². The number of H-pyrrole nitrogens is 1. The summed E-state index contributed by atoms with van der Waals surface area (Å²) in [6.07, 6.45) is 2.04. The maximum absolute atomic E-state index is 11.4. The lowest BCUT2D eigenvalue weighted by molar-refractivity contribution is 0.280. The fourth-order valence-corrected chi connectivity index (χ4v) is 1.63. The molecule has 0 aliphatic rings. The lowest BCUT2D eigenvalue weighted by Crippen LogP contribution is -2.29. The van der Waals surface area contributed by atoms with Gasteiger partial charge < -0.3 is 9.67 Å². The van der Waals surface area contributed by atoms with E-state index in [0.717, 1.165) is 0 Å². The minimum atomic E-state index is -0.485. The van der Waals surface area contributed by atoms with Gasteiger partial charge in [-0.1, -0.05) is 0 Å². The first-order valence-corrected chi connectivity index (χ1v) is 4.90. The van der Waals surface area contributed by atoms with E-state index in [1.54, 1.807) is 11.6 Å². The van der Waals surface area contributed by atoms with Crippen molar-refractivity contribution in [1.29, 1.82) is 0 Å². The van der Waals surface area contributed by atoms with E-state index in [1.165, 1.54) is 10.9 Å². The first-order chi connectivity index (χ1) is 7.65. The number of rotatable bonds is 3. The van der Waals surface area contributed by atoms with Crippen LogP contribution in [0.4, 0.5) is 0 Å². The Hall–Kier alpha value is -1.89. The van der Waals surface area contributed by atoms with E-state index in [2.05, 4.69) is 9.97 Å². The van der Waals surface area contributed by atoms with Crippen molar-refractivity contribution in [2.75, 3.05) is 6.61 Å². The van der Waals surface area contributed by atoms with Crippen molar-refractivity contribution in [2.24, 2.45) is 7.05 Å². The molecule has 7 nitrogen and oxygen atoms in total. The number of hydrogen-bond acceptors (Lipinski definition) is 4. The molecule has 0 aliphatic heterocycles. The van der Waals surface area contributed by atoms with E-state index < -0.39 is 11.2 Å². The number of nitrogens with one attached hydrogen (secondary N) is 1. The highest BCUT2D eigenvalue weighted by atomic mass is 16.3. The van der Waals surface area contributed by atoms with Gasteiger partial charge in [0, 0.05) is 20.2 Å². The molecule has 0 fully saturated rings.